The molecule has 3 amide bonds. The number of hydrogen-bond donors (Lipinski definition) is 1. The highest BCUT2D eigenvalue weighted by molar-refractivity contribution is 9.10. The SMILES string of the molecule is CCCN(CC(=O)N(CCc1ccc(OC)c(OC)c1)Cc1ccc(C)s1)C(=O)Nc1ccccc1Br. The third-order valence-corrected chi connectivity index (χ3v) is 7.51. The van der Waals surface area contributed by atoms with Gasteiger partial charge < -0.3 is 24.6 Å². The van der Waals surface area contributed by atoms with Gasteiger partial charge in [-0.2, -0.15) is 0 Å². The summed E-state index contributed by atoms with van der Waals surface area (Å²) < 4.78 is 11.6. The first-order chi connectivity index (χ1) is 17.8. The molecule has 1 heterocycles. The third-order valence-electron chi connectivity index (χ3n) is 5.84. The molecule has 0 aliphatic carbocycles. The minimum atomic E-state index is -0.297. The fraction of sp³-hybridized carbons (Fsp3) is 0.357. The lowest BCUT2D eigenvalue weighted by Crippen LogP contribution is -2.45. The van der Waals surface area contributed by atoms with E-state index in [1.807, 2.05) is 54.3 Å². The molecule has 7 nitrogen and oxygen atoms in total. The normalized spacial score (nSPS) is 10.6. The zero-order valence-electron chi connectivity index (χ0n) is 21.8. The van der Waals surface area contributed by atoms with Crippen molar-refractivity contribution < 1.29 is 19.1 Å². The number of nitrogens with one attached hydrogen (secondary N) is 1. The fourth-order valence-corrected chi connectivity index (χ4v) is 5.18. The first-order valence-corrected chi connectivity index (χ1v) is 13.8. The molecule has 0 aliphatic heterocycles. The molecule has 0 unspecified atom stereocenters. The fourth-order valence-electron chi connectivity index (χ4n) is 3.89. The summed E-state index contributed by atoms with van der Waals surface area (Å²) in [5.41, 5.74) is 1.70. The molecule has 0 aliphatic rings. The number of ether oxygens (including phenoxy) is 2. The Morgan fingerprint density at radius 1 is 0.973 bits per heavy atom. The van der Waals surface area contributed by atoms with E-state index in [4.69, 9.17) is 9.47 Å². The average molecular weight is 589 g/mol. The predicted octanol–water partition coefficient (Wildman–Crippen LogP) is 6.35. The van der Waals surface area contributed by atoms with E-state index in [0.717, 1.165) is 21.3 Å². The van der Waals surface area contributed by atoms with Crippen LogP contribution >= 0.6 is 27.3 Å². The predicted molar refractivity (Wildman–Crippen MR) is 153 cm³/mol. The maximum absolute atomic E-state index is 13.6. The van der Waals surface area contributed by atoms with Crippen molar-refractivity contribution in [3.05, 3.63) is 74.4 Å². The summed E-state index contributed by atoms with van der Waals surface area (Å²) in [6.07, 6.45) is 1.39. The molecule has 9 heteroatoms. The van der Waals surface area contributed by atoms with E-state index in [-0.39, 0.29) is 18.5 Å². The maximum Gasteiger partial charge on any atom is 0.322 e. The Morgan fingerprint density at radius 2 is 1.73 bits per heavy atom. The number of amides is 3. The number of halogens is 1. The standard InChI is InChI=1S/C28H34BrN3O4S/c1-5-15-32(28(34)30-24-9-7-6-8-23(24)29)19-27(33)31(18-22-12-10-20(2)37-22)16-14-21-11-13-25(35-3)26(17-21)36-4/h6-13,17H,5,14-16,18-19H2,1-4H3,(H,30,34). The number of nitrogens with zero attached hydrogens (tertiary/aromatic N) is 2. The first-order valence-electron chi connectivity index (χ1n) is 12.2. The van der Waals surface area contributed by atoms with Crippen LogP contribution in [0, 0.1) is 6.92 Å². The van der Waals surface area contributed by atoms with Gasteiger partial charge in [-0.15, -0.1) is 11.3 Å². The number of para-hydroxylation sites is 1. The largest absolute Gasteiger partial charge is 0.493 e. The van der Waals surface area contributed by atoms with Crippen LogP contribution in [0.25, 0.3) is 0 Å². The average Bonchev–Trinajstić information content (AvgIpc) is 3.31. The minimum Gasteiger partial charge on any atom is -0.493 e. The second kappa shape index (κ2) is 14.0. The van der Waals surface area contributed by atoms with E-state index in [0.29, 0.717) is 43.2 Å². The molecule has 1 N–H and O–H groups in total. The van der Waals surface area contributed by atoms with E-state index in [1.54, 1.807) is 30.5 Å². The van der Waals surface area contributed by atoms with E-state index in [2.05, 4.69) is 40.3 Å². The van der Waals surface area contributed by atoms with Crippen molar-refractivity contribution >= 4 is 44.9 Å². The quantitative estimate of drug-likeness (QED) is 0.268. The second-order valence-corrected chi connectivity index (χ2v) is 10.8. The molecule has 0 saturated heterocycles. The molecule has 37 heavy (non-hydrogen) atoms. The maximum atomic E-state index is 13.6. The van der Waals surface area contributed by atoms with Crippen molar-refractivity contribution in [3.8, 4) is 11.5 Å². The summed E-state index contributed by atoms with van der Waals surface area (Å²) in [5, 5.41) is 2.92. The van der Waals surface area contributed by atoms with Crippen LogP contribution in [0.2, 0.25) is 0 Å². The van der Waals surface area contributed by atoms with Gasteiger partial charge in [0.1, 0.15) is 6.54 Å². The van der Waals surface area contributed by atoms with Crippen molar-refractivity contribution in [2.24, 2.45) is 0 Å². The van der Waals surface area contributed by atoms with Gasteiger partial charge in [0.25, 0.3) is 0 Å². The minimum absolute atomic E-state index is 0.000414. The number of methoxy groups -OCH3 is 2. The molecular formula is C28H34BrN3O4S. The van der Waals surface area contributed by atoms with Crippen molar-refractivity contribution in [2.75, 3.05) is 39.2 Å². The van der Waals surface area contributed by atoms with Gasteiger partial charge in [-0.1, -0.05) is 25.1 Å². The monoisotopic (exact) mass is 587 g/mol. The van der Waals surface area contributed by atoms with Gasteiger partial charge in [0.2, 0.25) is 5.91 Å². The topological polar surface area (TPSA) is 71.1 Å². The summed E-state index contributed by atoms with van der Waals surface area (Å²) in [5.74, 6) is 1.23. The Bertz CT molecular complexity index is 1200. The lowest BCUT2D eigenvalue weighted by Gasteiger charge is -2.28. The van der Waals surface area contributed by atoms with Crippen LogP contribution in [0.5, 0.6) is 11.5 Å². The van der Waals surface area contributed by atoms with Gasteiger partial charge >= 0.3 is 6.03 Å². The highest BCUT2D eigenvalue weighted by Gasteiger charge is 2.22. The summed E-state index contributed by atoms with van der Waals surface area (Å²) in [7, 11) is 3.22. The van der Waals surface area contributed by atoms with Gasteiger partial charge in [-0.25, -0.2) is 4.79 Å². The number of benzene rings is 2. The van der Waals surface area contributed by atoms with E-state index in [1.165, 1.54) is 4.88 Å². The van der Waals surface area contributed by atoms with Crippen molar-refractivity contribution in [1.82, 2.24) is 9.80 Å². The zero-order chi connectivity index (χ0) is 26.8. The number of thiophene rings is 1. The van der Waals surface area contributed by atoms with Crippen molar-refractivity contribution in [2.45, 2.75) is 33.2 Å². The molecule has 0 spiro atoms. The molecular weight excluding hydrogens is 554 g/mol. The second-order valence-electron chi connectivity index (χ2n) is 8.60. The Balaban J connectivity index is 1.75. The van der Waals surface area contributed by atoms with E-state index >= 15 is 0 Å². The van der Waals surface area contributed by atoms with Crippen molar-refractivity contribution in [3.63, 3.8) is 0 Å². The number of urea groups is 1. The van der Waals surface area contributed by atoms with Gasteiger partial charge in [0.15, 0.2) is 11.5 Å². The van der Waals surface area contributed by atoms with Crippen LogP contribution in [0.4, 0.5) is 10.5 Å². The molecule has 0 radical (unpaired) electrons. The lowest BCUT2D eigenvalue weighted by atomic mass is 10.1. The lowest BCUT2D eigenvalue weighted by molar-refractivity contribution is -0.132. The Morgan fingerprint density at radius 3 is 2.38 bits per heavy atom. The van der Waals surface area contributed by atoms with Gasteiger partial charge in [0.05, 0.1) is 26.5 Å². The molecule has 2 aromatic carbocycles. The summed E-state index contributed by atoms with van der Waals surface area (Å²) in [6, 6.07) is 17.0. The molecule has 0 fully saturated rings. The summed E-state index contributed by atoms with van der Waals surface area (Å²) in [6.45, 7) is 5.53. The number of rotatable bonds is 12. The molecule has 3 rings (SSSR count). The van der Waals surface area contributed by atoms with Crippen LogP contribution < -0.4 is 14.8 Å². The van der Waals surface area contributed by atoms with Crippen LogP contribution in [-0.2, 0) is 17.8 Å². The molecule has 3 aromatic rings. The van der Waals surface area contributed by atoms with Gasteiger partial charge in [0, 0.05) is 27.3 Å². The highest BCUT2D eigenvalue weighted by Crippen LogP contribution is 2.28. The Hall–Kier alpha value is -3.04. The molecule has 0 saturated carbocycles. The zero-order valence-corrected chi connectivity index (χ0v) is 24.2. The third kappa shape index (κ3) is 8.23. The van der Waals surface area contributed by atoms with Gasteiger partial charge in [-0.05, 0) is 77.7 Å². The highest BCUT2D eigenvalue weighted by atomic mass is 79.9. The van der Waals surface area contributed by atoms with Crippen LogP contribution in [-0.4, -0.2) is 55.6 Å². The van der Waals surface area contributed by atoms with Crippen LogP contribution in [0.3, 0.4) is 0 Å². The number of aryl methyl sites for hydroxylation is 1. The number of hydrogen-bond acceptors (Lipinski definition) is 5. The van der Waals surface area contributed by atoms with Crippen LogP contribution in [0.15, 0.2) is 59.1 Å². The number of carbonyl (C=O) groups excluding carboxylic acids is 2. The van der Waals surface area contributed by atoms with E-state index < -0.39 is 0 Å². The smallest absolute Gasteiger partial charge is 0.322 e. The van der Waals surface area contributed by atoms with E-state index in [9.17, 15) is 9.59 Å². The Labute approximate surface area is 231 Å². The molecule has 0 atom stereocenters. The molecule has 198 valence electrons. The van der Waals surface area contributed by atoms with Gasteiger partial charge in [-0.3, -0.25) is 4.79 Å². The first kappa shape index (κ1) is 28.5. The summed E-state index contributed by atoms with van der Waals surface area (Å²) in [4.78, 5) is 32.4. The summed E-state index contributed by atoms with van der Waals surface area (Å²) >= 11 is 5.14. The Kier molecular flexibility index (Phi) is 10.8. The molecule has 1 aromatic heterocycles. The van der Waals surface area contributed by atoms with Crippen LogP contribution in [0.1, 0.15) is 28.7 Å². The number of anilines is 1. The molecule has 0 bridgehead atoms. The number of carbonyl (C=O) groups is 2. The van der Waals surface area contributed by atoms with Crippen molar-refractivity contribution in [1.29, 1.82) is 0 Å².